The smallest absolute Gasteiger partial charge is 0.266 e. The molecule has 3 aromatic rings. The van der Waals surface area contributed by atoms with Gasteiger partial charge in [0, 0.05) is 5.56 Å². The predicted molar refractivity (Wildman–Crippen MR) is 102 cm³/mol. The molecule has 2 nitrogen and oxygen atoms in total. The van der Waals surface area contributed by atoms with Crippen LogP contribution in [-0.2, 0) is 4.79 Å². The van der Waals surface area contributed by atoms with Crippen LogP contribution in [0.5, 0.6) is 0 Å². The van der Waals surface area contributed by atoms with Gasteiger partial charge < -0.3 is 0 Å². The van der Waals surface area contributed by atoms with Crippen LogP contribution in [0.2, 0.25) is 0 Å². The second kappa shape index (κ2) is 6.10. The maximum Gasteiger partial charge on any atom is 0.284 e. The molecule has 24 heavy (non-hydrogen) atoms. The molecule has 0 unspecified atom stereocenters. The minimum absolute atomic E-state index is 0.163. The van der Waals surface area contributed by atoms with Crippen LogP contribution in [0.3, 0.4) is 0 Å². The van der Waals surface area contributed by atoms with E-state index in [4.69, 9.17) is 0 Å². The average molecular weight is 329 g/mol. The van der Waals surface area contributed by atoms with Gasteiger partial charge in [-0.15, -0.1) is 0 Å². The lowest BCUT2D eigenvalue weighted by atomic mass is 10.1. The molecule has 0 radical (unpaired) electrons. The molecule has 0 N–H and O–H groups in total. The average Bonchev–Trinajstić information content (AvgIpc) is 2.96. The number of aryl methyl sites for hydroxylation is 1. The van der Waals surface area contributed by atoms with Crippen LogP contribution in [0.15, 0.2) is 76.6 Å². The summed E-state index contributed by atoms with van der Waals surface area (Å²) in [5, 5.41) is 3.13. The SMILES string of the molecule is Cc1ccc(C2=NC(=O)C(=Cc3ccc4ccccc4c3)S2)cc1. The summed E-state index contributed by atoms with van der Waals surface area (Å²) in [5.74, 6) is -0.163. The highest BCUT2D eigenvalue weighted by Crippen LogP contribution is 2.32. The summed E-state index contributed by atoms with van der Waals surface area (Å²) in [6.07, 6.45) is 1.92. The molecule has 0 saturated carbocycles. The van der Waals surface area contributed by atoms with E-state index in [-0.39, 0.29) is 5.91 Å². The highest BCUT2D eigenvalue weighted by atomic mass is 32.2. The van der Waals surface area contributed by atoms with Gasteiger partial charge in [-0.2, -0.15) is 0 Å². The van der Waals surface area contributed by atoms with E-state index in [9.17, 15) is 4.79 Å². The van der Waals surface area contributed by atoms with E-state index in [2.05, 4.69) is 29.3 Å². The van der Waals surface area contributed by atoms with E-state index in [0.717, 1.165) is 16.2 Å². The molecule has 0 saturated heterocycles. The van der Waals surface area contributed by atoms with E-state index in [1.165, 1.54) is 28.1 Å². The second-order valence-electron chi connectivity index (χ2n) is 5.81. The van der Waals surface area contributed by atoms with Crippen molar-refractivity contribution in [3.8, 4) is 0 Å². The van der Waals surface area contributed by atoms with Gasteiger partial charge in [0.15, 0.2) is 0 Å². The Labute approximate surface area is 144 Å². The molecule has 3 aromatic carbocycles. The predicted octanol–water partition coefficient (Wildman–Crippen LogP) is 5.21. The molecule has 3 heteroatoms. The van der Waals surface area contributed by atoms with Crippen LogP contribution in [0.1, 0.15) is 16.7 Å². The van der Waals surface area contributed by atoms with Gasteiger partial charge in [0.05, 0.1) is 4.91 Å². The van der Waals surface area contributed by atoms with Crippen molar-refractivity contribution >= 4 is 39.6 Å². The van der Waals surface area contributed by atoms with E-state index in [1.807, 2.05) is 55.5 Å². The fourth-order valence-corrected chi connectivity index (χ4v) is 3.60. The summed E-state index contributed by atoms with van der Waals surface area (Å²) < 4.78 is 0. The molecule has 1 heterocycles. The molecule has 1 amide bonds. The van der Waals surface area contributed by atoms with Crippen LogP contribution in [0, 0.1) is 6.92 Å². The van der Waals surface area contributed by atoms with Crippen LogP contribution in [0.4, 0.5) is 0 Å². The second-order valence-corrected chi connectivity index (χ2v) is 6.84. The first-order valence-corrected chi connectivity index (χ1v) is 8.59. The largest absolute Gasteiger partial charge is 0.284 e. The van der Waals surface area contributed by atoms with Crippen molar-refractivity contribution in [1.29, 1.82) is 0 Å². The van der Waals surface area contributed by atoms with Gasteiger partial charge in [-0.05, 0) is 35.4 Å². The zero-order valence-corrected chi connectivity index (χ0v) is 14.0. The fourth-order valence-electron chi connectivity index (χ4n) is 2.68. The van der Waals surface area contributed by atoms with Crippen LogP contribution in [-0.4, -0.2) is 11.0 Å². The van der Waals surface area contributed by atoms with Crippen molar-refractivity contribution in [2.24, 2.45) is 4.99 Å². The number of rotatable bonds is 2. The minimum atomic E-state index is -0.163. The molecular formula is C21H15NOS. The Morgan fingerprint density at radius 2 is 1.67 bits per heavy atom. The molecule has 0 bridgehead atoms. The zero-order chi connectivity index (χ0) is 16.5. The van der Waals surface area contributed by atoms with Crippen molar-refractivity contribution in [3.63, 3.8) is 0 Å². The summed E-state index contributed by atoms with van der Waals surface area (Å²) in [7, 11) is 0. The lowest BCUT2D eigenvalue weighted by molar-refractivity contribution is -0.113. The first kappa shape index (κ1) is 14.9. The Bertz CT molecular complexity index is 1000. The summed E-state index contributed by atoms with van der Waals surface area (Å²) in [5.41, 5.74) is 3.20. The maximum atomic E-state index is 12.2. The van der Waals surface area contributed by atoms with Gasteiger partial charge in [-0.1, -0.05) is 78.0 Å². The van der Waals surface area contributed by atoms with Gasteiger partial charge in [0.25, 0.3) is 5.91 Å². The number of thioether (sulfide) groups is 1. The number of aliphatic imine (C=N–C) groups is 1. The molecule has 1 aliphatic rings. The lowest BCUT2D eigenvalue weighted by Gasteiger charge is -2.01. The number of amides is 1. The number of carbonyl (C=O) groups is 1. The van der Waals surface area contributed by atoms with Crippen molar-refractivity contribution in [2.45, 2.75) is 6.92 Å². The third kappa shape index (κ3) is 2.91. The van der Waals surface area contributed by atoms with Gasteiger partial charge >= 0.3 is 0 Å². The first-order valence-electron chi connectivity index (χ1n) is 7.77. The first-order chi connectivity index (χ1) is 11.7. The number of fused-ring (bicyclic) bond motifs is 1. The number of hydrogen-bond acceptors (Lipinski definition) is 2. The molecule has 0 aliphatic carbocycles. The fraction of sp³-hybridized carbons (Fsp3) is 0.0476. The molecule has 0 aromatic heterocycles. The van der Waals surface area contributed by atoms with E-state index in [1.54, 1.807) is 0 Å². The summed E-state index contributed by atoms with van der Waals surface area (Å²) in [6, 6.07) is 22.5. The number of carbonyl (C=O) groups excluding carboxylic acids is 1. The zero-order valence-electron chi connectivity index (χ0n) is 13.2. The van der Waals surface area contributed by atoms with Crippen molar-refractivity contribution < 1.29 is 4.79 Å². The summed E-state index contributed by atoms with van der Waals surface area (Å²) >= 11 is 1.44. The number of nitrogens with zero attached hydrogens (tertiary/aromatic N) is 1. The Kier molecular flexibility index (Phi) is 3.79. The molecule has 1 aliphatic heterocycles. The molecule has 0 fully saturated rings. The lowest BCUT2D eigenvalue weighted by Crippen LogP contribution is -1.90. The highest BCUT2D eigenvalue weighted by molar-refractivity contribution is 8.19. The summed E-state index contributed by atoms with van der Waals surface area (Å²) in [4.78, 5) is 17.1. The topological polar surface area (TPSA) is 29.4 Å². The van der Waals surface area contributed by atoms with Gasteiger partial charge in [0.1, 0.15) is 5.04 Å². The maximum absolute atomic E-state index is 12.2. The van der Waals surface area contributed by atoms with Crippen LogP contribution in [0.25, 0.3) is 16.8 Å². The standard InChI is InChI=1S/C21H15NOS/c1-14-6-9-17(10-7-14)21-22-20(23)19(24-21)13-15-8-11-16-4-2-3-5-18(16)12-15/h2-13H,1H3. The molecule has 0 spiro atoms. The van der Waals surface area contributed by atoms with Crippen molar-refractivity contribution in [2.75, 3.05) is 0 Å². The third-order valence-electron chi connectivity index (χ3n) is 3.99. The van der Waals surface area contributed by atoms with Gasteiger partial charge in [-0.25, -0.2) is 4.99 Å². The molecule has 0 atom stereocenters. The summed E-state index contributed by atoms with van der Waals surface area (Å²) in [6.45, 7) is 2.05. The highest BCUT2D eigenvalue weighted by Gasteiger charge is 2.22. The van der Waals surface area contributed by atoms with E-state index < -0.39 is 0 Å². The Morgan fingerprint density at radius 3 is 2.46 bits per heavy atom. The molecule has 4 rings (SSSR count). The van der Waals surface area contributed by atoms with Gasteiger partial charge in [-0.3, -0.25) is 4.79 Å². The van der Waals surface area contributed by atoms with E-state index in [0.29, 0.717) is 4.91 Å². The minimum Gasteiger partial charge on any atom is -0.266 e. The Balaban J connectivity index is 1.63. The Hall–Kier alpha value is -2.65. The third-order valence-corrected chi connectivity index (χ3v) is 5.02. The molecular weight excluding hydrogens is 314 g/mol. The monoisotopic (exact) mass is 329 g/mol. The van der Waals surface area contributed by atoms with Crippen molar-refractivity contribution in [3.05, 3.63) is 88.3 Å². The van der Waals surface area contributed by atoms with Crippen LogP contribution < -0.4 is 0 Å². The Morgan fingerprint density at radius 1 is 0.917 bits per heavy atom. The number of hydrogen-bond donors (Lipinski definition) is 0. The quantitative estimate of drug-likeness (QED) is 0.604. The number of benzene rings is 3. The van der Waals surface area contributed by atoms with Crippen molar-refractivity contribution in [1.82, 2.24) is 0 Å². The van der Waals surface area contributed by atoms with Crippen LogP contribution >= 0.6 is 11.8 Å². The van der Waals surface area contributed by atoms with E-state index >= 15 is 0 Å². The molecule has 116 valence electrons. The van der Waals surface area contributed by atoms with Gasteiger partial charge in [0.2, 0.25) is 0 Å². The normalized spacial score (nSPS) is 16.0.